The molecule has 1 aromatic carbocycles. The molecule has 0 spiro atoms. The fraction of sp³-hybridized carbons (Fsp3) is 0.417. The minimum atomic E-state index is -0.167. The molecule has 0 unspecified atom stereocenters. The van der Waals surface area contributed by atoms with Crippen molar-refractivity contribution in [3.8, 4) is 0 Å². The Morgan fingerprint density at radius 2 is 2.05 bits per heavy atom. The zero-order valence-corrected chi connectivity index (χ0v) is 13.4. The third-order valence-electron chi connectivity index (χ3n) is 2.56. The lowest BCUT2D eigenvalue weighted by atomic mass is 10.2. The lowest BCUT2D eigenvalue weighted by Crippen LogP contribution is -2.33. The lowest BCUT2D eigenvalue weighted by molar-refractivity contribution is 0.0950. The Morgan fingerprint density at radius 3 is 2.58 bits per heavy atom. The third kappa shape index (κ3) is 6.87. The molecule has 1 rings (SSSR count). The van der Waals surface area contributed by atoms with E-state index in [9.17, 15) is 4.79 Å². The molecule has 0 aliphatic heterocycles. The van der Waals surface area contributed by atoms with Crippen LogP contribution in [0, 0.1) is 0 Å². The summed E-state index contributed by atoms with van der Waals surface area (Å²) in [5, 5.41) is 3.20. The number of carbonyl (C=O) groups is 1. The van der Waals surface area contributed by atoms with Crippen molar-refractivity contribution in [1.29, 1.82) is 0 Å². The van der Waals surface area contributed by atoms with E-state index in [-0.39, 0.29) is 30.7 Å². The second-order valence-corrected chi connectivity index (χ2v) is 4.30. The first-order chi connectivity index (χ1) is 8.04. The first-order valence-electron chi connectivity index (χ1n) is 5.56. The van der Waals surface area contributed by atoms with Crippen LogP contribution >= 0.6 is 36.4 Å². The molecular formula is C12H20Cl3N3O. The molecule has 0 aromatic heterocycles. The second kappa shape index (κ2) is 10.1. The van der Waals surface area contributed by atoms with Crippen LogP contribution in [0.4, 0.5) is 5.69 Å². The monoisotopic (exact) mass is 327 g/mol. The highest BCUT2D eigenvalue weighted by atomic mass is 35.5. The third-order valence-corrected chi connectivity index (χ3v) is 2.87. The van der Waals surface area contributed by atoms with Crippen LogP contribution in [-0.4, -0.2) is 37.5 Å². The van der Waals surface area contributed by atoms with Gasteiger partial charge < -0.3 is 16.0 Å². The van der Waals surface area contributed by atoms with E-state index in [1.54, 1.807) is 18.2 Å². The largest absolute Gasteiger partial charge is 0.399 e. The summed E-state index contributed by atoms with van der Waals surface area (Å²) in [5.41, 5.74) is 6.57. The summed E-state index contributed by atoms with van der Waals surface area (Å²) in [6, 6.07) is 4.88. The summed E-state index contributed by atoms with van der Waals surface area (Å²) in [5.74, 6) is -0.167. The quantitative estimate of drug-likeness (QED) is 0.816. The number of likely N-dealkylation sites (N-methyl/N-ethyl adjacent to an activating group) is 1. The molecule has 7 heteroatoms. The SMILES string of the molecule is CCN(C)CCNC(=O)c1ccc(N)cc1Cl.Cl.Cl. The molecule has 4 nitrogen and oxygen atoms in total. The van der Waals surface area contributed by atoms with Gasteiger partial charge in [0.2, 0.25) is 0 Å². The van der Waals surface area contributed by atoms with Gasteiger partial charge >= 0.3 is 0 Å². The molecule has 19 heavy (non-hydrogen) atoms. The number of rotatable bonds is 5. The van der Waals surface area contributed by atoms with Crippen molar-refractivity contribution in [2.75, 3.05) is 32.4 Å². The maximum absolute atomic E-state index is 11.8. The zero-order valence-electron chi connectivity index (χ0n) is 11.0. The average Bonchev–Trinajstić information content (AvgIpc) is 2.28. The smallest absolute Gasteiger partial charge is 0.252 e. The summed E-state index contributed by atoms with van der Waals surface area (Å²) in [6.45, 7) is 4.44. The fourth-order valence-electron chi connectivity index (χ4n) is 1.33. The number of nitrogens with one attached hydrogen (secondary N) is 1. The molecule has 0 aliphatic rings. The molecule has 0 bridgehead atoms. The molecule has 0 atom stereocenters. The maximum atomic E-state index is 11.8. The highest BCUT2D eigenvalue weighted by molar-refractivity contribution is 6.34. The summed E-state index contributed by atoms with van der Waals surface area (Å²) in [7, 11) is 2.00. The minimum Gasteiger partial charge on any atom is -0.399 e. The number of nitrogen functional groups attached to an aromatic ring is 1. The van der Waals surface area contributed by atoms with Crippen LogP contribution in [0.25, 0.3) is 0 Å². The maximum Gasteiger partial charge on any atom is 0.252 e. The van der Waals surface area contributed by atoms with Gasteiger partial charge in [-0.15, -0.1) is 24.8 Å². The van der Waals surface area contributed by atoms with Gasteiger partial charge in [0.15, 0.2) is 0 Å². The van der Waals surface area contributed by atoms with E-state index in [2.05, 4.69) is 17.1 Å². The van der Waals surface area contributed by atoms with Gasteiger partial charge in [-0.1, -0.05) is 18.5 Å². The summed E-state index contributed by atoms with van der Waals surface area (Å²) >= 11 is 5.94. The second-order valence-electron chi connectivity index (χ2n) is 3.89. The molecule has 0 saturated heterocycles. The van der Waals surface area contributed by atoms with Crippen molar-refractivity contribution in [2.24, 2.45) is 0 Å². The molecule has 0 radical (unpaired) electrons. The predicted octanol–water partition coefficient (Wildman–Crippen LogP) is 2.45. The first kappa shape index (κ1) is 20.6. The normalized spacial score (nSPS) is 9.47. The van der Waals surface area contributed by atoms with E-state index in [1.165, 1.54) is 0 Å². The van der Waals surface area contributed by atoms with Crippen molar-refractivity contribution in [3.05, 3.63) is 28.8 Å². The van der Waals surface area contributed by atoms with Crippen LogP contribution in [0.3, 0.4) is 0 Å². The van der Waals surface area contributed by atoms with Gasteiger partial charge in [-0.25, -0.2) is 0 Å². The summed E-state index contributed by atoms with van der Waals surface area (Å²) in [4.78, 5) is 13.9. The Labute approximate surface area is 131 Å². The van der Waals surface area contributed by atoms with E-state index in [4.69, 9.17) is 17.3 Å². The van der Waals surface area contributed by atoms with Crippen LogP contribution in [0.15, 0.2) is 18.2 Å². The number of anilines is 1. The molecule has 110 valence electrons. The molecule has 3 N–H and O–H groups in total. The lowest BCUT2D eigenvalue weighted by Gasteiger charge is -2.14. The number of nitrogens with two attached hydrogens (primary N) is 1. The predicted molar refractivity (Wildman–Crippen MR) is 85.9 cm³/mol. The number of amides is 1. The van der Waals surface area contributed by atoms with Crippen molar-refractivity contribution in [2.45, 2.75) is 6.92 Å². The summed E-state index contributed by atoms with van der Waals surface area (Å²) in [6.07, 6.45) is 0. The topological polar surface area (TPSA) is 58.4 Å². The van der Waals surface area contributed by atoms with Crippen LogP contribution < -0.4 is 11.1 Å². The number of nitrogens with zero attached hydrogens (tertiary/aromatic N) is 1. The van der Waals surface area contributed by atoms with E-state index in [1.807, 2.05) is 7.05 Å². The van der Waals surface area contributed by atoms with Gasteiger partial charge in [0.1, 0.15) is 0 Å². The van der Waals surface area contributed by atoms with Gasteiger partial charge in [-0.3, -0.25) is 4.79 Å². The van der Waals surface area contributed by atoms with Gasteiger partial charge in [-0.2, -0.15) is 0 Å². The molecule has 0 saturated carbocycles. The average molecular weight is 329 g/mol. The Balaban J connectivity index is 0. The number of carbonyl (C=O) groups excluding carboxylic acids is 1. The van der Waals surface area contributed by atoms with Crippen LogP contribution in [0.5, 0.6) is 0 Å². The highest BCUT2D eigenvalue weighted by Gasteiger charge is 2.09. The van der Waals surface area contributed by atoms with Crippen LogP contribution in [-0.2, 0) is 0 Å². The van der Waals surface area contributed by atoms with Crippen molar-refractivity contribution >= 4 is 48.0 Å². The number of halogens is 3. The number of hydrogen-bond acceptors (Lipinski definition) is 3. The number of benzene rings is 1. The van der Waals surface area contributed by atoms with E-state index in [0.717, 1.165) is 13.1 Å². The Morgan fingerprint density at radius 1 is 1.42 bits per heavy atom. The Kier molecular flexibility index (Phi) is 11.0. The van der Waals surface area contributed by atoms with Crippen LogP contribution in [0.1, 0.15) is 17.3 Å². The first-order valence-corrected chi connectivity index (χ1v) is 5.94. The Hall–Kier alpha value is -0.680. The standard InChI is InChI=1S/C12H18ClN3O.2ClH/c1-3-16(2)7-6-15-12(17)10-5-4-9(14)8-11(10)13;;/h4-5,8H,3,6-7,14H2,1-2H3,(H,15,17);2*1H. The van der Waals surface area contributed by atoms with Crippen molar-refractivity contribution in [1.82, 2.24) is 10.2 Å². The van der Waals surface area contributed by atoms with Gasteiger partial charge in [-0.05, 0) is 31.8 Å². The van der Waals surface area contributed by atoms with E-state index < -0.39 is 0 Å². The molecule has 1 amide bonds. The number of hydrogen-bond donors (Lipinski definition) is 2. The molecule has 1 aromatic rings. The highest BCUT2D eigenvalue weighted by Crippen LogP contribution is 2.18. The minimum absolute atomic E-state index is 0. The van der Waals surface area contributed by atoms with E-state index in [0.29, 0.717) is 22.8 Å². The summed E-state index contributed by atoms with van der Waals surface area (Å²) < 4.78 is 0. The van der Waals surface area contributed by atoms with Crippen molar-refractivity contribution in [3.63, 3.8) is 0 Å². The Bertz CT molecular complexity index is 402. The molecule has 0 aliphatic carbocycles. The van der Waals surface area contributed by atoms with E-state index >= 15 is 0 Å². The van der Waals surface area contributed by atoms with Crippen molar-refractivity contribution < 1.29 is 4.79 Å². The molecular weight excluding hydrogens is 309 g/mol. The fourth-order valence-corrected chi connectivity index (χ4v) is 1.60. The molecule has 0 heterocycles. The molecule has 0 fully saturated rings. The zero-order chi connectivity index (χ0) is 12.8. The van der Waals surface area contributed by atoms with Gasteiger partial charge in [0, 0.05) is 18.8 Å². The van der Waals surface area contributed by atoms with Gasteiger partial charge in [0.25, 0.3) is 5.91 Å². The van der Waals surface area contributed by atoms with Gasteiger partial charge in [0.05, 0.1) is 10.6 Å². The van der Waals surface area contributed by atoms with Crippen LogP contribution in [0.2, 0.25) is 5.02 Å².